The molecule has 154 valence electrons. The van der Waals surface area contributed by atoms with Gasteiger partial charge in [-0.3, -0.25) is 19.8 Å². The van der Waals surface area contributed by atoms with E-state index in [-0.39, 0.29) is 17.2 Å². The number of benzene rings is 2. The molecule has 4 saturated carbocycles. The number of hydrogen-bond acceptors (Lipinski definition) is 3. The Hall–Kier alpha value is -2.46. The van der Waals surface area contributed by atoms with Crippen molar-refractivity contribution in [1.82, 2.24) is 5.32 Å². The van der Waals surface area contributed by atoms with Gasteiger partial charge in [-0.05, 0) is 87.5 Å². The van der Waals surface area contributed by atoms with Crippen LogP contribution in [0, 0.1) is 17.8 Å². The molecule has 4 aliphatic carbocycles. The summed E-state index contributed by atoms with van der Waals surface area (Å²) in [5.41, 5.74) is 0.796. The molecule has 0 saturated heterocycles. The average molecular weight is 401 g/mol. The average Bonchev–Trinajstić information content (AvgIpc) is 2.72. The van der Waals surface area contributed by atoms with E-state index in [2.05, 4.69) is 5.32 Å². The van der Waals surface area contributed by atoms with Gasteiger partial charge in [0.05, 0.1) is 5.69 Å². The van der Waals surface area contributed by atoms with E-state index >= 15 is 0 Å². The number of carbonyl (C=O) groups excluding carboxylic acids is 2. The van der Waals surface area contributed by atoms with Crippen LogP contribution in [-0.2, 0) is 4.79 Å². The molecule has 4 fully saturated rings. The second-order valence-electron chi connectivity index (χ2n) is 10.3. The van der Waals surface area contributed by atoms with Crippen molar-refractivity contribution in [3.8, 4) is 0 Å². The first-order valence-corrected chi connectivity index (χ1v) is 11.3. The minimum Gasteiger partial charge on any atom is -0.291 e. The highest BCUT2D eigenvalue weighted by atomic mass is 16.2. The number of para-hydroxylation sites is 2. The van der Waals surface area contributed by atoms with Crippen molar-refractivity contribution in [1.29, 1.82) is 0 Å². The van der Waals surface area contributed by atoms with Crippen molar-refractivity contribution < 1.29 is 9.59 Å². The fourth-order valence-electron chi connectivity index (χ4n) is 7.30. The van der Waals surface area contributed by atoms with E-state index in [9.17, 15) is 9.59 Å². The molecule has 0 aromatic heterocycles. The van der Waals surface area contributed by atoms with Gasteiger partial charge in [0.1, 0.15) is 0 Å². The molecule has 0 radical (unpaired) electrons. The van der Waals surface area contributed by atoms with Gasteiger partial charge in [0.2, 0.25) is 0 Å². The maximum Gasteiger partial charge on any atom is 0.259 e. The second-order valence-corrected chi connectivity index (χ2v) is 10.3. The number of rotatable bonds is 3. The Kier molecular flexibility index (Phi) is 3.83. The molecular weight excluding hydrogens is 372 g/mol. The zero-order valence-corrected chi connectivity index (χ0v) is 17.4. The zero-order valence-electron chi connectivity index (χ0n) is 17.4. The van der Waals surface area contributed by atoms with Gasteiger partial charge < -0.3 is 0 Å². The zero-order chi connectivity index (χ0) is 20.5. The van der Waals surface area contributed by atoms with Crippen LogP contribution in [0.25, 0.3) is 0 Å². The lowest BCUT2D eigenvalue weighted by Gasteiger charge is -2.59. The van der Waals surface area contributed by atoms with Crippen molar-refractivity contribution in [2.24, 2.45) is 17.8 Å². The Labute approximate surface area is 177 Å². The van der Waals surface area contributed by atoms with E-state index < -0.39 is 5.54 Å². The van der Waals surface area contributed by atoms with Gasteiger partial charge in [-0.1, -0.05) is 30.3 Å². The molecule has 1 atom stereocenters. The highest BCUT2D eigenvalue weighted by molar-refractivity contribution is 6.29. The summed E-state index contributed by atoms with van der Waals surface area (Å²) < 4.78 is 0. The molecule has 1 amide bonds. The standard InChI is InChI=1S/C26H28N2O2/c1-25(27-26-14-17-11-18(15-26)13-19(12-17)16-26)23(29)21-9-5-6-10-22(21)28(24(25)30)20-7-3-2-4-8-20/h2-10,17-19,27H,11-16H2,1H3/t17?,18?,19?,25-,26?/m1/s1. The Bertz CT molecular complexity index is 995. The highest BCUT2D eigenvalue weighted by Crippen LogP contribution is 2.56. The number of fused-ring (bicyclic) bond motifs is 1. The summed E-state index contributed by atoms with van der Waals surface area (Å²) in [6.45, 7) is 1.82. The fourth-order valence-corrected chi connectivity index (χ4v) is 7.30. The van der Waals surface area contributed by atoms with Gasteiger partial charge in [0.15, 0.2) is 11.3 Å². The van der Waals surface area contributed by atoms with Crippen LogP contribution in [0.2, 0.25) is 0 Å². The maximum absolute atomic E-state index is 14.0. The molecule has 2 aromatic rings. The summed E-state index contributed by atoms with van der Waals surface area (Å²) in [5, 5.41) is 3.74. The van der Waals surface area contributed by atoms with Crippen molar-refractivity contribution in [3.05, 3.63) is 60.2 Å². The Morgan fingerprint density at radius 3 is 2.03 bits per heavy atom. The van der Waals surface area contributed by atoms with E-state index in [0.717, 1.165) is 42.7 Å². The molecule has 30 heavy (non-hydrogen) atoms. The number of carbonyl (C=O) groups is 2. The van der Waals surface area contributed by atoms with Gasteiger partial charge in [-0.2, -0.15) is 0 Å². The summed E-state index contributed by atoms with van der Waals surface area (Å²) in [7, 11) is 0. The first-order valence-electron chi connectivity index (χ1n) is 11.3. The molecule has 7 rings (SSSR count). The second kappa shape index (κ2) is 6.27. The van der Waals surface area contributed by atoms with Gasteiger partial charge in [0.25, 0.3) is 5.91 Å². The molecule has 1 aliphatic heterocycles. The fraction of sp³-hybridized carbons (Fsp3) is 0.462. The third-order valence-electron chi connectivity index (χ3n) is 8.04. The highest BCUT2D eigenvalue weighted by Gasteiger charge is 2.58. The largest absolute Gasteiger partial charge is 0.291 e. The molecule has 2 aromatic carbocycles. The normalized spacial score (nSPS) is 36.8. The number of hydrogen-bond donors (Lipinski definition) is 1. The third-order valence-corrected chi connectivity index (χ3v) is 8.04. The van der Waals surface area contributed by atoms with E-state index in [0.29, 0.717) is 11.3 Å². The Morgan fingerprint density at radius 2 is 1.40 bits per heavy atom. The lowest BCUT2D eigenvalue weighted by molar-refractivity contribution is -0.124. The molecule has 0 spiro atoms. The molecule has 4 heteroatoms. The van der Waals surface area contributed by atoms with Crippen molar-refractivity contribution >= 4 is 23.1 Å². The van der Waals surface area contributed by atoms with Crippen molar-refractivity contribution in [2.45, 2.75) is 56.5 Å². The topological polar surface area (TPSA) is 49.4 Å². The minimum absolute atomic E-state index is 0.0799. The molecule has 4 bridgehead atoms. The quantitative estimate of drug-likeness (QED) is 0.748. The maximum atomic E-state index is 14.0. The first kappa shape index (κ1) is 18.3. The van der Waals surface area contributed by atoms with Crippen LogP contribution in [0.15, 0.2) is 54.6 Å². The van der Waals surface area contributed by atoms with Crippen LogP contribution in [0.3, 0.4) is 0 Å². The number of nitrogens with zero attached hydrogens (tertiary/aromatic N) is 1. The SMILES string of the molecule is C[C@@]1(NC23CC4CC(CC(C4)C2)C3)C(=O)c2ccccc2N(c2ccccc2)C1=O. The molecule has 5 aliphatic rings. The lowest BCUT2D eigenvalue weighted by atomic mass is 9.52. The molecule has 1 heterocycles. The van der Waals surface area contributed by atoms with Crippen LogP contribution >= 0.6 is 0 Å². The van der Waals surface area contributed by atoms with Crippen molar-refractivity contribution in [2.75, 3.05) is 4.90 Å². The van der Waals surface area contributed by atoms with Gasteiger partial charge in [-0.15, -0.1) is 0 Å². The number of nitrogens with one attached hydrogen (secondary N) is 1. The first-order chi connectivity index (χ1) is 14.5. The molecular formula is C26H28N2O2. The van der Waals surface area contributed by atoms with E-state index in [1.165, 1.54) is 19.3 Å². The Balaban J connectivity index is 1.44. The summed E-state index contributed by atoms with van der Waals surface area (Å²) in [4.78, 5) is 29.5. The summed E-state index contributed by atoms with van der Waals surface area (Å²) in [6.07, 6.45) is 7.29. The lowest BCUT2D eigenvalue weighted by Crippen LogP contribution is -2.71. The predicted molar refractivity (Wildman–Crippen MR) is 117 cm³/mol. The molecule has 0 unspecified atom stereocenters. The molecule has 1 N–H and O–H groups in total. The predicted octanol–water partition coefficient (Wildman–Crippen LogP) is 4.86. The molecule has 4 nitrogen and oxygen atoms in total. The minimum atomic E-state index is -1.24. The number of anilines is 2. The summed E-state index contributed by atoms with van der Waals surface area (Å²) >= 11 is 0. The van der Waals surface area contributed by atoms with Gasteiger partial charge in [0, 0.05) is 16.8 Å². The summed E-state index contributed by atoms with van der Waals surface area (Å²) in [6, 6.07) is 17.2. The number of amides is 1. The third kappa shape index (κ3) is 2.56. The van der Waals surface area contributed by atoms with E-state index in [1.54, 1.807) is 4.90 Å². The van der Waals surface area contributed by atoms with Crippen LogP contribution < -0.4 is 10.2 Å². The van der Waals surface area contributed by atoms with Crippen LogP contribution in [0.1, 0.15) is 55.8 Å². The van der Waals surface area contributed by atoms with Crippen LogP contribution in [-0.4, -0.2) is 22.8 Å². The van der Waals surface area contributed by atoms with E-state index in [1.807, 2.05) is 61.5 Å². The van der Waals surface area contributed by atoms with E-state index in [4.69, 9.17) is 0 Å². The summed E-state index contributed by atoms with van der Waals surface area (Å²) in [5.74, 6) is 2.00. The Morgan fingerprint density at radius 1 is 0.833 bits per heavy atom. The number of ketones is 1. The smallest absolute Gasteiger partial charge is 0.259 e. The number of Topliss-reactive ketones (excluding diaryl/α,β-unsaturated/α-hetero) is 1. The van der Waals surface area contributed by atoms with Crippen molar-refractivity contribution in [3.63, 3.8) is 0 Å². The van der Waals surface area contributed by atoms with Crippen LogP contribution in [0.4, 0.5) is 11.4 Å². The van der Waals surface area contributed by atoms with Gasteiger partial charge in [-0.25, -0.2) is 0 Å². The monoisotopic (exact) mass is 400 g/mol. The van der Waals surface area contributed by atoms with Crippen LogP contribution in [0.5, 0.6) is 0 Å². The van der Waals surface area contributed by atoms with Gasteiger partial charge >= 0.3 is 0 Å².